The van der Waals surface area contributed by atoms with Gasteiger partial charge in [-0.05, 0) is 25.0 Å². The van der Waals surface area contributed by atoms with E-state index in [1.54, 1.807) is 6.20 Å². The summed E-state index contributed by atoms with van der Waals surface area (Å²) >= 11 is 0. The van der Waals surface area contributed by atoms with Crippen molar-refractivity contribution >= 4 is 0 Å². The quantitative estimate of drug-likeness (QED) is 0.803. The number of hydrogen-bond donors (Lipinski definition) is 2. The summed E-state index contributed by atoms with van der Waals surface area (Å²) in [6, 6.07) is 5.04. The molecule has 0 radical (unpaired) electrons. The zero-order valence-electron chi connectivity index (χ0n) is 10.3. The first kappa shape index (κ1) is 12.5. The summed E-state index contributed by atoms with van der Waals surface area (Å²) < 4.78 is 0. The van der Waals surface area contributed by atoms with E-state index in [1.165, 1.54) is 5.56 Å². The molecule has 0 aromatic carbocycles. The Kier molecular flexibility index (Phi) is 4.48. The zero-order chi connectivity index (χ0) is 12.1. The van der Waals surface area contributed by atoms with Gasteiger partial charge in [0.05, 0.1) is 0 Å². The molecule has 17 heavy (non-hydrogen) atoms. The molecule has 94 valence electrons. The third-order valence-corrected chi connectivity index (χ3v) is 3.37. The first-order valence-electron chi connectivity index (χ1n) is 6.27. The minimum atomic E-state index is 0.257. The standard InChI is InChI=1S/C13H21N3O/c1-11-7-15-13(4-6-17)10-16(11)9-12-3-2-5-14-8-12/h2-3,5,8,11,13,15,17H,4,6-7,9-10H2,1H3. The lowest BCUT2D eigenvalue weighted by Gasteiger charge is -2.38. The Morgan fingerprint density at radius 3 is 3.18 bits per heavy atom. The van der Waals surface area contributed by atoms with Crippen molar-refractivity contribution in [2.24, 2.45) is 0 Å². The number of nitrogens with one attached hydrogen (secondary N) is 1. The fraction of sp³-hybridized carbons (Fsp3) is 0.615. The van der Waals surface area contributed by atoms with Gasteiger partial charge in [-0.1, -0.05) is 6.07 Å². The summed E-state index contributed by atoms with van der Waals surface area (Å²) in [4.78, 5) is 6.60. The average Bonchev–Trinajstić information content (AvgIpc) is 2.35. The van der Waals surface area contributed by atoms with Crippen LogP contribution >= 0.6 is 0 Å². The maximum atomic E-state index is 8.99. The van der Waals surface area contributed by atoms with Gasteiger partial charge in [0.2, 0.25) is 0 Å². The highest BCUT2D eigenvalue weighted by Crippen LogP contribution is 2.12. The molecular weight excluding hydrogens is 214 g/mol. The maximum Gasteiger partial charge on any atom is 0.0446 e. The third-order valence-electron chi connectivity index (χ3n) is 3.37. The molecule has 2 heterocycles. The van der Waals surface area contributed by atoms with E-state index in [2.05, 4.69) is 28.2 Å². The molecule has 0 bridgehead atoms. The Labute approximate surface area is 103 Å². The van der Waals surface area contributed by atoms with Crippen LogP contribution in [0.15, 0.2) is 24.5 Å². The molecule has 1 aromatic rings. The van der Waals surface area contributed by atoms with E-state index in [0.717, 1.165) is 26.1 Å². The Balaban J connectivity index is 1.94. The molecule has 2 N–H and O–H groups in total. The molecule has 0 spiro atoms. The number of aliphatic hydroxyl groups excluding tert-OH is 1. The van der Waals surface area contributed by atoms with E-state index >= 15 is 0 Å². The topological polar surface area (TPSA) is 48.4 Å². The van der Waals surface area contributed by atoms with Gasteiger partial charge < -0.3 is 10.4 Å². The van der Waals surface area contributed by atoms with Crippen LogP contribution in [0.25, 0.3) is 0 Å². The molecule has 2 atom stereocenters. The average molecular weight is 235 g/mol. The summed E-state index contributed by atoms with van der Waals surface area (Å²) in [5, 5.41) is 12.5. The minimum absolute atomic E-state index is 0.257. The van der Waals surface area contributed by atoms with Crippen molar-refractivity contribution in [1.82, 2.24) is 15.2 Å². The van der Waals surface area contributed by atoms with Gasteiger partial charge in [0, 0.05) is 50.7 Å². The lowest BCUT2D eigenvalue weighted by atomic mass is 10.1. The van der Waals surface area contributed by atoms with E-state index in [1.807, 2.05) is 12.3 Å². The Bertz CT molecular complexity index is 331. The monoisotopic (exact) mass is 235 g/mol. The first-order valence-corrected chi connectivity index (χ1v) is 6.27. The van der Waals surface area contributed by atoms with Crippen LogP contribution in [0.5, 0.6) is 0 Å². The molecule has 1 saturated heterocycles. The second kappa shape index (κ2) is 6.10. The Morgan fingerprint density at radius 1 is 1.59 bits per heavy atom. The van der Waals surface area contributed by atoms with E-state index in [-0.39, 0.29) is 6.61 Å². The second-order valence-corrected chi connectivity index (χ2v) is 4.76. The lowest BCUT2D eigenvalue weighted by molar-refractivity contribution is 0.119. The summed E-state index contributed by atoms with van der Waals surface area (Å²) in [5.41, 5.74) is 1.25. The number of aromatic nitrogens is 1. The van der Waals surface area contributed by atoms with Crippen LogP contribution in [0, 0.1) is 0 Å². The number of aliphatic hydroxyl groups is 1. The Morgan fingerprint density at radius 2 is 2.47 bits per heavy atom. The van der Waals surface area contributed by atoms with E-state index in [0.29, 0.717) is 12.1 Å². The fourth-order valence-electron chi connectivity index (χ4n) is 2.29. The highest BCUT2D eigenvalue weighted by Gasteiger charge is 2.24. The molecule has 2 rings (SSSR count). The van der Waals surface area contributed by atoms with Crippen molar-refractivity contribution in [1.29, 1.82) is 0 Å². The molecule has 4 nitrogen and oxygen atoms in total. The maximum absolute atomic E-state index is 8.99. The van der Waals surface area contributed by atoms with Crippen molar-refractivity contribution in [2.75, 3.05) is 19.7 Å². The van der Waals surface area contributed by atoms with Crippen LogP contribution < -0.4 is 5.32 Å². The predicted molar refractivity (Wildman–Crippen MR) is 67.6 cm³/mol. The van der Waals surface area contributed by atoms with Crippen LogP contribution in [0.1, 0.15) is 18.9 Å². The summed E-state index contributed by atoms with van der Waals surface area (Å²) in [5.74, 6) is 0. The van der Waals surface area contributed by atoms with Gasteiger partial charge >= 0.3 is 0 Å². The molecule has 0 aliphatic carbocycles. The Hall–Kier alpha value is -0.970. The van der Waals surface area contributed by atoms with Crippen molar-refractivity contribution in [3.63, 3.8) is 0 Å². The number of rotatable bonds is 4. The van der Waals surface area contributed by atoms with Crippen LogP contribution in [-0.2, 0) is 6.54 Å². The van der Waals surface area contributed by atoms with E-state index in [9.17, 15) is 0 Å². The number of pyridine rings is 1. The predicted octanol–water partition coefficient (Wildman–Crippen LogP) is 0.626. The summed E-state index contributed by atoms with van der Waals surface area (Å²) in [6.07, 6.45) is 4.56. The van der Waals surface area contributed by atoms with Crippen molar-refractivity contribution in [3.05, 3.63) is 30.1 Å². The fourth-order valence-corrected chi connectivity index (χ4v) is 2.29. The molecule has 1 aliphatic heterocycles. The van der Waals surface area contributed by atoms with Crippen molar-refractivity contribution in [2.45, 2.75) is 32.0 Å². The number of hydrogen-bond acceptors (Lipinski definition) is 4. The van der Waals surface area contributed by atoms with Gasteiger partial charge in [0.25, 0.3) is 0 Å². The van der Waals surface area contributed by atoms with Crippen LogP contribution in [0.2, 0.25) is 0 Å². The van der Waals surface area contributed by atoms with E-state index in [4.69, 9.17) is 5.11 Å². The smallest absolute Gasteiger partial charge is 0.0446 e. The van der Waals surface area contributed by atoms with Crippen molar-refractivity contribution < 1.29 is 5.11 Å². The van der Waals surface area contributed by atoms with Crippen LogP contribution in [-0.4, -0.2) is 46.8 Å². The third kappa shape index (κ3) is 3.49. The summed E-state index contributed by atoms with van der Waals surface area (Å²) in [6.45, 7) is 5.42. The molecule has 1 aliphatic rings. The van der Waals surface area contributed by atoms with Gasteiger partial charge in [-0.3, -0.25) is 9.88 Å². The highest BCUT2D eigenvalue weighted by atomic mass is 16.3. The van der Waals surface area contributed by atoms with Gasteiger partial charge in [-0.15, -0.1) is 0 Å². The molecule has 0 saturated carbocycles. The van der Waals surface area contributed by atoms with Gasteiger partial charge in [-0.2, -0.15) is 0 Å². The second-order valence-electron chi connectivity index (χ2n) is 4.76. The van der Waals surface area contributed by atoms with E-state index < -0.39 is 0 Å². The highest BCUT2D eigenvalue weighted by molar-refractivity contribution is 5.08. The normalized spacial score (nSPS) is 26.0. The van der Waals surface area contributed by atoms with Gasteiger partial charge in [0.15, 0.2) is 0 Å². The molecule has 0 amide bonds. The van der Waals surface area contributed by atoms with Crippen LogP contribution in [0.3, 0.4) is 0 Å². The molecule has 1 fully saturated rings. The number of piperazine rings is 1. The first-order chi connectivity index (χ1) is 8.29. The lowest BCUT2D eigenvalue weighted by Crippen LogP contribution is -2.55. The van der Waals surface area contributed by atoms with Gasteiger partial charge in [0.1, 0.15) is 0 Å². The largest absolute Gasteiger partial charge is 0.396 e. The molecular formula is C13H21N3O. The molecule has 1 aromatic heterocycles. The molecule has 2 unspecified atom stereocenters. The minimum Gasteiger partial charge on any atom is -0.396 e. The number of nitrogens with zero attached hydrogens (tertiary/aromatic N) is 2. The van der Waals surface area contributed by atoms with Crippen molar-refractivity contribution in [3.8, 4) is 0 Å². The SMILES string of the molecule is CC1CNC(CCO)CN1Cc1cccnc1. The van der Waals surface area contributed by atoms with Crippen LogP contribution in [0.4, 0.5) is 0 Å². The van der Waals surface area contributed by atoms with Gasteiger partial charge in [-0.25, -0.2) is 0 Å². The molecule has 4 heteroatoms. The summed E-state index contributed by atoms with van der Waals surface area (Å²) in [7, 11) is 0. The zero-order valence-corrected chi connectivity index (χ0v) is 10.3.